The summed E-state index contributed by atoms with van der Waals surface area (Å²) in [5.74, 6) is 0.132. The fourth-order valence-corrected chi connectivity index (χ4v) is 4.69. The molecule has 0 bridgehead atoms. The van der Waals surface area contributed by atoms with Gasteiger partial charge in [-0.1, -0.05) is 55.4 Å². The van der Waals surface area contributed by atoms with Gasteiger partial charge in [0, 0.05) is 12.0 Å². The topological polar surface area (TPSA) is 39.2 Å². The van der Waals surface area contributed by atoms with Crippen molar-refractivity contribution in [3.8, 4) is 10.6 Å². The monoisotopic (exact) mass is 505 g/mol. The van der Waals surface area contributed by atoms with Gasteiger partial charge in [-0.25, -0.2) is 4.98 Å². The van der Waals surface area contributed by atoms with Gasteiger partial charge < -0.3 is 9.53 Å². The van der Waals surface area contributed by atoms with Gasteiger partial charge >= 0.3 is 6.18 Å². The molecule has 0 N–H and O–H groups in total. The Hall–Kier alpha value is -2.51. The Morgan fingerprint density at radius 2 is 1.83 bits per heavy atom. The summed E-state index contributed by atoms with van der Waals surface area (Å²) in [4.78, 5) is 16.2. The average molecular weight is 506 g/mol. The number of alkyl halides is 3. The largest absolute Gasteiger partial charge is 0.416 e. The van der Waals surface area contributed by atoms with Crippen molar-refractivity contribution in [3.63, 3.8) is 0 Å². The molecule has 0 radical (unpaired) electrons. The van der Waals surface area contributed by atoms with Gasteiger partial charge in [0.15, 0.2) is 0 Å². The molecule has 0 aliphatic rings. The smallest absolute Gasteiger partial charge is 0.362 e. The summed E-state index contributed by atoms with van der Waals surface area (Å²) in [6.45, 7) is 14.0. The minimum Gasteiger partial charge on any atom is -0.362 e. The Morgan fingerprint density at radius 1 is 1.17 bits per heavy atom. The molecular formula is C28H34F3NO2S. The van der Waals surface area contributed by atoms with Crippen LogP contribution in [0.1, 0.15) is 82.0 Å². The summed E-state index contributed by atoms with van der Waals surface area (Å²) in [5.41, 5.74) is 3.21. The molecule has 0 saturated heterocycles. The molecule has 0 spiro atoms. The van der Waals surface area contributed by atoms with E-state index in [1.807, 2.05) is 39.8 Å². The third-order valence-corrected chi connectivity index (χ3v) is 7.01. The number of hydrogen-bond acceptors (Lipinski definition) is 4. The van der Waals surface area contributed by atoms with Gasteiger partial charge in [0.05, 0.1) is 28.3 Å². The van der Waals surface area contributed by atoms with E-state index in [0.29, 0.717) is 17.0 Å². The zero-order valence-corrected chi connectivity index (χ0v) is 21.8. The fourth-order valence-electron chi connectivity index (χ4n) is 3.48. The van der Waals surface area contributed by atoms with Gasteiger partial charge in [-0.3, -0.25) is 0 Å². The summed E-state index contributed by atoms with van der Waals surface area (Å²) in [6, 6.07) is 5.09. The van der Waals surface area contributed by atoms with E-state index in [1.165, 1.54) is 29.0 Å². The Balaban J connectivity index is 2.21. The van der Waals surface area contributed by atoms with E-state index in [9.17, 15) is 18.0 Å². The Bertz CT molecular complexity index is 1050. The Morgan fingerprint density at radius 3 is 2.37 bits per heavy atom. The minimum absolute atomic E-state index is 0.132. The van der Waals surface area contributed by atoms with E-state index in [1.54, 1.807) is 6.08 Å². The number of aldehydes is 1. The summed E-state index contributed by atoms with van der Waals surface area (Å²) >= 11 is 1.44. The zero-order valence-electron chi connectivity index (χ0n) is 21.0. The van der Waals surface area contributed by atoms with E-state index >= 15 is 0 Å². The second-order valence-corrected chi connectivity index (χ2v) is 9.89. The molecule has 7 heteroatoms. The highest BCUT2D eigenvalue weighted by Gasteiger charge is 2.30. The van der Waals surface area contributed by atoms with E-state index in [0.717, 1.165) is 47.4 Å². The molecule has 1 aromatic carbocycles. The first kappa shape index (κ1) is 28.7. The lowest BCUT2D eigenvalue weighted by Gasteiger charge is -2.18. The Labute approximate surface area is 210 Å². The standard InChI is InChI=1S/C28H34F3NO2S/c1-7-24(16-11-20(5)19(4)10-8-9-17-33)34-21(6)26-25(18(2)3)32-27(35-26)22-12-14-23(15-13-22)28(29,30)31/h7,11-18,21,24H,1,8-10H2,2-6H3/b16-11?,20-19+/t21-,24?/m1/s1. The van der Waals surface area contributed by atoms with Gasteiger partial charge in [-0.15, -0.1) is 17.9 Å². The molecule has 3 nitrogen and oxygen atoms in total. The summed E-state index contributed by atoms with van der Waals surface area (Å²) in [7, 11) is 0. The molecule has 2 aromatic rings. The van der Waals surface area contributed by atoms with Gasteiger partial charge in [0.25, 0.3) is 0 Å². The van der Waals surface area contributed by atoms with E-state index in [-0.39, 0.29) is 18.1 Å². The predicted octanol–water partition coefficient (Wildman–Crippen LogP) is 8.85. The summed E-state index contributed by atoms with van der Waals surface area (Å²) < 4.78 is 45.0. The van der Waals surface area contributed by atoms with Crippen LogP contribution in [0.5, 0.6) is 0 Å². The van der Waals surface area contributed by atoms with Gasteiger partial charge in [-0.2, -0.15) is 13.2 Å². The maximum Gasteiger partial charge on any atom is 0.416 e. The normalized spacial score (nSPS) is 14.8. The van der Waals surface area contributed by atoms with Crippen molar-refractivity contribution >= 4 is 17.6 Å². The van der Waals surface area contributed by atoms with Crippen LogP contribution in [0.4, 0.5) is 13.2 Å². The number of benzene rings is 1. The van der Waals surface area contributed by atoms with Crippen LogP contribution in [0.25, 0.3) is 10.6 Å². The first-order valence-corrected chi connectivity index (χ1v) is 12.5. The third-order valence-electron chi connectivity index (χ3n) is 5.73. The zero-order chi connectivity index (χ0) is 26.2. The number of unbranched alkanes of at least 4 members (excludes halogenated alkanes) is 1. The van der Waals surface area contributed by atoms with Crippen LogP contribution in [0.2, 0.25) is 0 Å². The lowest BCUT2D eigenvalue weighted by atomic mass is 10.0. The van der Waals surface area contributed by atoms with Crippen LogP contribution in [0.3, 0.4) is 0 Å². The second kappa shape index (κ2) is 13.0. The van der Waals surface area contributed by atoms with Crippen molar-refractivity contribution in [2.24, 2.45) is 0 Å². The van der Waals surface area contributed by atoms with Crippen LogP contribution in [-0.2, 0) is 15.7 Å². The lowest BCUT2D eigenvalue weighted by molar-refractivity contribution is -0.137. The highest BCUT2D eigenvalue weighted by molar-refractivity contribution is 7.15. The molecule has 2 rings (SSSR count). The van der Waals surface area contributed by atoms with Gasteiger partial charge in [0.2, 0.25) is 0 Å². The number of allylic oxidation sites excluding steroid dienone is 3. The van der Waals surface area contributed by atoms with Gasteiger partial charge in [-0.05, 0) is 51.7 Å². The van der Waals surface area contributed by atoms with E-state index < -0.39 is 11.7 Å². The van der Waals surface area contributed by atoms with Crippen molar-refractivity contribution in [1.82, 2.24) is 4.98 Å². The predicted molar refractivity (Wildman–Crippen MR) is 138 cm³/mol. The van der Waals surface area contributed by atoms with E-state index in [2.05, 4.69) is 13.5 Å². The average Bonchev–Trinajstić information content (AvgIpc) is 3.27. The maximum absolute atomic E-state index is 12.9. The van der Waals surface area contributed by atoms with Crippen molar-refractivity contribution in [2.45, 2.75) is 78.2 Å². The SMILES string of the molecule is C=CC(C=C/C(C)=C(\C)CCCC=O)O[C@H](C)c1sc(-c2ccc(C(F)(F)F)cc2)nc1C(C)C. The van der Waals surface area contributed by atoms with Crippen molar-refractivity contribution in [3.05, 3.63) is 76.4 Å². The molecule has 35 heavy (non-hydrogen) atoms. The molecule has 190 valence electrons. The maximum atomic E-state index is 12.9. The molecular weight excluding hydrogens is 471 g/mol. The van der Waals surface area contributed by atoms with Crippen LogP contribution >= 0.6 is 11.3 Å². The van der Waals surface area contributed by atoms with Gasteiger partial charge in [0.1, 0.15) is 11.3 Å². The summed E-state index contributed by atoms with van der Waals surface area (Å²) in [5, 5.41) is 0.670. The molecule has 0 saturated carbocycles. The van der Waals surface area contributed by atoms with E-state index in [4.69, 9.17) is 9.72 Å². The molecule has 1 heterocycles. The number of ether oxygens (including phenoxy) is 1. The molecule has 0 aliphatic heterocycles. The third kappa shape index (κ3) is 8.29. The highest BCUT2D eigenvalue weighted by atomic mass is 32.1. The number of carbonyl (C=O) groups excluding carboxylic acids is 1. The number of halogens is 3. The molecule has 1 unspecified atom stereocenters. The molecule has 0 amide bonds. The molecule has 1 aromatic heterocycles. The lowest BCUT2D eigenvalue weighted by Crippen LogP contribution is -2.11. The number of hydrogen-bond donors (Lipinski definition) is 0. The number of nitrogens with zero attached hydrogens (tertiary/aromatic N) is 1. The molecule has 0 fully saturated rings. The minimum atomic E-state index is -4.37. The molecule has 0 aliphatic carbocycles. The van der Waals surface area contributed by atoms with Crippen molar-refractivity contribution < 1.29 is 22.7 Å². The quantitative estimate of drug-likeness (QED) is 0.125. The Kier molecular flexibility index (Phi) is 10.7. The molecule has 2 atom stereocenters. The van der Waals surface area contributed by atoms with Crippen molar-refractivity contribution in [2.75, 3.05) is 0 Å². The first-order chi connectivity index (χ1) is 16.5. The number of aromatic nitrogens is 1. The number of carbonyl (C=O) groups is 1. The number of thiazole rings is 1. The van der Waals surface area contributed by atoms with Crippen LogP contribution < -0.4 is 0 Å². The number of rotatable bonds is 12. The highest BCUT2D eigenvalue weighted by Crippen LogP contribution is 2.38. The fraction of sp³-hybridized carbons (Fsp3) is 0.429. The second-order valence-electron chi connectivity index (χ2n) is 8.86. The van der Waals surface area contributed by atoms with Crippen molar-refractivity contribution in [1.29, 1.82) is 0 Å². The summed E-state index contributed by atoms with van der Waals surface area (Å²) in [6.07, 6.45) is 3.94. The van der Waals surface area contributed by atoms with Crippen LogP contribution in [-0.4, -0.2) is 17.4 Å². The first-order valence-electron chi connectivity index (χ1n) is 11.7. The van der Waals surface area contributed by atoms with Crippen LogP contribution in [0, 0.1) is 0 Å². The van der Waals surface area contributed by atoms with Crippen LogP contribution in [0.15, 0.2) is 60.2 Å².